The van der Waals surface area contributed by atoms with Gasteiger partial charge in [-0.2, -0.15) is 0 Å². The summed E-state index contributed by atoms with van der Waals surface area (Å²) in [5.74, 6) is 1.45. The molecule has 0 saturated heterocycles. The van der Waals surface area contributed by atoms with Gasteiger partial charge in [0, 0.05) is 0 Å². The van der Waals surface area contributed by atoms with Crippen LogP contribution < -0.4 is 10.1 Å². The van der Waals surface area contributed by atoms with Crippen molar-refractivity contribution in [3.63, 3.8) is 0 Å². The first kappa shape index (κ1) is 16.0. The van der Waals surface area contributed by atoms with Gasteiger partial charge >= 0.3 is 0 Å². The van der Waals surface area contributed by atoms with Crippen LogP contribution in [0.15, 0.2) is 24.3 Å². The summed E-state index contributed by atoms with van der Waals surface area (Å²) in [6.07, 6.45) is 2.20. The summed E-state index contributed by atoms with van der Waals surface area (Å²) in [6, 6.07) is 8.27. The number of nitrogens with one attached hydrogen (secondary N) is 1. The Morgan fingerprint density at radius 2 is 1.89 bits per heavy atom. The summed E-state index contributed by atoms with van der Waals surface area (Å²) in [5.41, 5.74) is 1.35. The first-order valence-electron chi connectivity index (χ1n) is 7.28. The van der Waals surface area contributed by atoms with E-state index in [1.807, 2.05) is 12.1 Å². The second kappa shape index (κ2) is 8.94. The zero-order valence-corrected chi connectivity index (χ0v) is 12.4. The summed E-state index contributed by atoms with van der Waals surface area (Å²) in [6.45, 7) is 8.04. The van der Waals surface area contributed by atoms with Crippen LogP contribution in [0.5, 0.6) is 5.75 Å². The van der Waals surface area contributed by atoms with E-state index in [0.29, 0.717) is 12.5 Å². The number of aliphatic hydroxyl groups is 1. The number of hydrogen-bond donors (Lipinski definition) is 2. The van der Waals surface area contributed by atoms with E-state index < -0.39 is 0 Å². The van der Waals surface area contributed by atoms with Gasteiger partial charge in [0.1, 0.15) is 12.4 Å². The van der Waals surface area contributed by atoms with Gasteiger partial charge in [-0.05, 0) is 43.0 Å². The second-order valence-corrected chi connectivity index (χ2v) is 5.02. The molecular formula is C16H27NO2. The Kier molecular flexibility index (Phi) is 7.53. The average molecular weight is 265 g/mol. The van der Waals surface area contributed by atoms with Gasteiger partial charge in [0.15, 0.2) is 0 Å². The van der Waals surface area contributed by atoms with Gasteiger partial charge in [0.25, 0.3) is 0 Å². The fraction of sp³-hybridized carbons (Fsp3) is 0.625. The number of ether oxygens (including phenoxy) is 1. The molecule has 0 aliphatic heterocycles. The normalized spacial score (nSPS) is 14.1. The highest BCUT2D eigenvalue weighted by Gasteiger charge is 2.07. The number of benzene rings is 1. The van der Waals surface area contributed by atoms with Crippen molar-refractivity contribution < 1.29 is 9.84 Å². The lowest BCUT2D eigenvalue weighted by molar-refractivity contribution is 0.183. The summed E-state index contributed by atoms with van der Waals surface area (Å²) >= 11 is 0. The van der Waals surface area contributed by atoms with E-state index in [-0.39, 0.29) is 12.6 Å². The molecule has 108 valence electrons. The summed E-state index contributed by atoms with van der Waals surface area (Å²) in [5, 5.41) is 12.5. The largest absolute Gasteiger partial charge is 0.492 e. The molecule has 0 saturated carbocycles. The molecular weight excluding hydrogens is 238 g/mol. The minimum absolute atomic E-state index is 0.00851. The van der Waals surface area contributed by atoms with Gasteiger partial charge < -0.3 is 15.2 Å². The Balaban J connectivity index is 2.44. The van der Waals surface area contributed by atoms with E-state index in [1.54, 1.807) is 0 Å². The molecule has 0 radical (unpaired) electrons. The molecule has 0 amide bonds. The third-order valence-electron chi connectivity index (χ3n) is 3.42. The Hall–Kier alpha value is -1.06. The van der Waals surface area contributed by atoms with E-state index >= 15 is 0 Å². The quantitative estimate of drug-likeness (QED) is 0.721. The lowest BCUT2D eigenvalue weighted by Crippen LogP contribution is -2.38. The minimum atomic E-state index is 0.00851. The van der Waals surface area contributed by atoms with Crippen molar-refractivity contribution in [2.45, 2.75) is 45.6 Å². The summed E-state index contributed by atoms with van der Waals surface area (Å²) < 4.78 is 5.70. The number of rotatable bonds is 9. The molecule has 0 heterocycles. The first-order valence-corrected chi connectivity index (χ1v) is 7.28. The molecule has 3 nitrogen and oxygen atoms in total. The maximum Gasteiger partial charge on any atom is 0.119 e. The van der Waals surface area contributed by atoms with Crippen LogP contribution in [-0.2, 0) is 0 Å². The highest BCUT2D eigenvalue weighted by atomic mass is 16.5. The Bertz CT molecular complexity index is 337. The van der Waals surface area contributed by atoms with E-state index in [0.717, 1.165) is 25.1 Å². The number of aliphatic hydroxyl groups excluding tert-OH is 1. The molecule has 0 bridgehead atoms. The second-order valence-electron chi connectivity index (χ2n) is 5.02. The van der Waals surface area contributed by atoms with Gasteiger partial charge in [-0.25, -0.2) is 0 Å². The minimum Gasteiger partial charge on any atom is -0.492 e. The predicted octanol–water partition coefficient (Wildman–Crippen LogP) is 2.94. The molecule has 0 aromatic heterocycles. The fourth-order valence-electron chi connectivity index (χ4n) is 1.85. The van der Waals surface area contributed by atoms with Gasteiger partial charge in [-0.1, -0.05) is 32.9 Å². The molecule has 3 heteroatoms. The van der Waals surface area contributed by atoms with Crippen molar-refractivity contribution in [3.05, 3.63) is 29.8 Å². The van der Waals surface area contributed by atoms with E-state index in [4.69, 9.17) is 4.74 Å². The zero-order chi connectivity index (χ0) is 14.1. The molecule has 0 aliphatic rings. The SMILES string of the molecule is CCCNC(CO)COc1ccc(C(C)CC)cc1. The van der Waals surface area contributed by atoms with Crippen molar-refractivity contribution >= 4 is 0 Å². The van der Waals surface area contributed by atoms with Gasteiger partial charge in [-0.3, -0.25) is 0 Å². The molecule has 1 aromatic carbocycles. The van der Waals surface area contributed by atoms with Crippen LogP contribution in [0.4, 0.5) is 0 Å². The van der Waals surface area contributed by atoms with Crippen LogP contribution in [0.2, 0.25) is 0 Å². The Morgan fingerprint density at radius 1 is 1.21 bits per heavy atom. The summed E-state index contributed by atoms with van der Waals surface area (Å²) in [4.78, 5) is 0. The van der Waals surface area contributed by atoms with Crippen molar-refractivity contribution in [3.8, 4) is 5.75 Å². The lowest BCUT2D eigenvalue weighted by Gasteiger charge is -2.17. The average Bonchev–Trinajstić information content (AvgIpc) is 2.47. The van der Waals surface area contributed by atoms with Crippen LogP contribution in [-0.4, -0.2) is 30.9 Å². The lowest BCUT2D eigenvalue weighted by atomic mass is 9.99. The molecule has 2 unspecified atom stereocenters. The molecule has 1 rings (SSSR count). The van der Waals surface area contributed by atoms with Crippen LogP contribution in [0.25, 0.3) is 0 Å². The predicted molar refractivity (Wildman–Crippen MR) is 79.8 cm³/mol. The van der Waals surface area contributed by atoms with Crippen LogP contribution in [0.1, 0.15) is 45.1 Å². The van der Waals surface area contributed by atoms with E-state index in [9.17, 15) is 5.11 Å². The maximum atomic E-state index is 9.24. The van der Waals surface area contributed by atoms with Crippen LogP contribution in [0.3, 0.4) is 0 Å². The standard InChI is InChI=1S/C16H27NO2/c1-4-10-17-15(11-18)12-19-16-8-6-14(7-9-16)13(3)5-2/h6-9,13,15,17-18H,4-5,10-12H2,1-3H3. The van der Waals surface area contributed by atoms with Crippen LogP contribution >= 0.6 is 0 Å². The maximum absolute atomic E-state index is 9.24. The highest BCUT2D eigenvalue weighted by Crippen LogP contribution is 2.21. The van der Waals surface area contributed by atoms with Gasteiger partial charge in [0.05, 0.1) is 12.6 Å². The van der Waals surface area contributed by atoms with Crippen molar-refractivity contribution in [1.29, 1.82) is 0 Å². The monoisotopic (exact) mass is 265 g/mol. The van der Waals surface area contributed by atoms with Crippen molar-refractivity contribution in [2.24, 2.45) is 0 Å². The molecule has 0 fully saturated rings. The van der Waals surface area contributed by atoms with Crippen molar-refractivity contribution in [1.82, 2.24) is 5.32 Å². The topological polar surface area (TPSA) is 41.5 Å². The van der Waals surface area contributed by atoms with Crippen LogP contribution in [0, 0.1) is 0 Å². The third-order valence-corrected chi connectivity index (χ3v) is 3.42. The zero-order valence-electron chi connectivity index (χ0n) is 12.4. The summed E-state index contributed by atoms with van der Waals surface area (Å²) in [7, 11) is 0. The number of hydrogen-bond acceptors (Lipinski definition) is 3. The molecule has 2 N–H and O–H groups in total. The highest BCUT2D eigenvalue weighted by molar-refractivity contribution is 5.29. The first-order chi connectivity index (χ1) is 9.21. The third kappa shape index (κ3) is 5.62. The Morgan fingerprint density at radius 3 is 2.42 bits per heavy atom. The van der Waals surface area contributed by atoms with Gasteiger partial charge in [0.2, 0.25) is 0 Å². The molecule has 0 spiro atoms. The molecule has 1 aromatic rings. The fourth-order valence-corrected chi connectivity index (χ4v) is 1.85. The molecule has 19 heavy (non-hydrogen) atoms. The molecule has 0 aliphatic carbocycles. The van der Waals surface area contributed by atoms with Crippen molar-refractivity contribution in [2.75, 3.05) is 19.8 Å². The van der Waals surface area contributed by atoms with E-state index in [2.05, 4.69) is 38.2 Å². The smallest absolute Gasteiger partial charge is 0.119 e. The Labute approximate surface area is 117 Å². The van der Waals surface area contributed by atoms with Gasteiger partial charge in [-0.15, -0.1) is 0 Å². The molecule has 2 atom stereocenters. The van der Waals surface area contributed by atoms with E-state index in [1.165, 1.54) is 5.56 Å².